The zero-order chi connectivity index (χ0) is 17.2. The third-order valence-corrected chi connectivity index (χ3v) is 6.21. The lowest BCUT2D eigenvalue weighted by molar-refractivity contribution is 0.195. The Labute approximate surface area is 141 Å². The second kappa shape index (κ2) is 6.76. The van der Waals surface area contributed by atoms with Crippen molar-refractivity contribution in [2.24, 2.45) is 0 Å². The first kappa shape index (κ1) is 16.7. The van der Waals surface area contributed by atoms with Gasteiger partial charge in [-0.1, -0.05) is 24.3 Å². The number of carbonyl (C=O) groups excluding carboxylic acids is 1. The van der Waals surface area contributed by atoms with E-state index in [0.29, 0.717) is 19.4 Å². The van der Waals surface area contributed by atoms with Crippen LogP contribution in [0, 0.1) is 0 Å². The highest BCUT2D eigenvalue weighted by Crippen LogP contribution is 2.17. The van der Waals surface area contributed by atoms with Gasteiger partial charge in [0.15, 0.2) is 9.84 Å². The summed E-state index contributed by atoms with van der Waals surface area (Å²) < 4.78 is 23.1. The summed E-state index contributed by atoms with van der Waals surface area (Å²) in [6.45, 7) is 0.484. The van der Waals surface area contributed by atoms with Gasteiger partial charge in [0.05, 0.1) is 17.0 Å². The van der Waals surface area contributed by atoms with E-state index < -0.39 is 9.84 Å². The molecule has 0 bridgehead atoms. The molecule has 24 heavy (non-hydrogen) atoms. The number of pyridine rings is 1. The van der Waals surface area contributed by atoms with Gasteiger partial charge in [-0.2, -0.15) is 0 Å². The molecule has 1 atom stereocenters. The van der Waals surface area contributed by atoms with Crippen LogP contribution >= 0.6 is 0 Å². The lowest BCUT2D eigenvalue weighted by atomic mass is 10.1. The monoisotopic (exact) mass is 347 g/mol. The van der Waals surface area contributed by atoms with Gasteiger partial charge in [-0.15, -0.1) is 0 Å². The van der Waals surface area contributed by atoms with E-state index in [1.54, 1.807) is 13.2 Å². The van der Waals surface area contributed by atoms with Crippen LogP contribution in [0.5, 0.6) is 0 Å². The van der Waals surface area contributed by atoms with Gasteiger partial charge in [0.2, 0.25) is 0 Å². The largest absolute Gasteiger partial charge is 0.338 e. The van der Waals surface area contributed by atoms with Crippen molar-refractivity contribution in [2.75, 3.05) is 25.1 Å². The molecule has 1 aliphatic rings. The summed E-state index contributed by atoms with van der Waals surface area (Å²) in [5.41, 5.74) is 2.03. The van der Waals surface area contributed by atoms with Crippen molar-refractivity contribution in [3.63, 3.8) is 0 Å². The molecule has 0 radical (unpaired) electrons. The van der Waals surface area contributed by atoms with Gasteiger partial charge in [0, 0.05) is 31.2 Å². The fraction of sp³-hybridized carbons (Fsp3) is 0.412. The van der Waals surface area contributed by atoms with Crippen LogP contribution in [-0.2, 0) is 16.3 Å². The SMILES string of the molecule is CN(C(=O)NCCc1cccc2cccnc12)C1CCS(=O)(=O)C1. The molecule has 2 aromatic rings. The van der Waals surface area contributed by atoms with Gasteiger partial charge in [-0.05, 0) is 24.5 Å². The molecule has 0 spiro atoms. The lowest BCUT2D eigenvalue weighted by Gasteiger charge is -2.23. The van der Waals surface area contributed by atoms with Crippen LogP contribution in [0.1, 0.15) is 12.0 Å². The maximum atomic E-state index is 12.2. The smallest absolute Gasteiger partial charge is 0.317 e. The van der Waals surface area contributed by atoms with E-state index in [0.717, 1.165) is 16.5 Å². The fourth-order valence-corrected chi connectivity index (χ4v) is 4.82. The Hall–Kier alpha value is -2.15. The number of amides is 2. The number of carbonyl (C=O) groups is 1. The standard InChI is InChI=1S/C17H21N3O3S/c1-20(15-8-11-24(22,23)12-15)17(21)19-10-7-14-5-2-4-13-6-3-9-18-16(13)14/h2-6,9,15H,7-8,10-12H2,1H3,(H,19,21). The van der Waals surface area contributed by atoms with E-state index in [2.05, 4.69) is 10.3 Å². The molecule has 0 saturated carbocycles. The van der Waals surface area contributed by atoms with Crippen molar-refractivity contribution >= 4 is 26.8 Å². The quantitative estimate of drug-likeness (QED) is 0.911. The predicted molar refractivity (Wildman–Crippen MR) is 93.7 cm³/mol. The summed E-state index contributed by atoms with van der Waals surface area (Å²) in [4.78, 5) is 18.1. The van der Waals surface area contributed by atoms with E-state index in [1.165, 1.54) is 4.90 Å². The first-order chi connectivity index (χ1) is 11.5. The molecule has 1 saturated heterocycles. The number of para-hydroxylation sites is 1. The number of urea groups is 1. The molecular weight excluding hydrogens is 326 g/mol. The van der Waals surface area contributed by atoms with Crippen molar-refractivity contribution in [3.8, 4) is 0 Å². The fourth-order valence-electron chi connectivity index (χ4n) is 3.04. The Morgan fingerprint density at radius 2 is 2.12 bits per heavy atom. The molecule has 1 aromatic carbocycles. The van der Waals surface area contributed by atoms with Crippen LogP contribution < -0.4 is 5.32 Å². The minimum absolute atomic E-state index is 0.0597. The Morgan fingerprint density at radius 1 is 1.33 bits per heavy atom. The van der Waals surface area contributed by atoms with Crippen LogP contribution in [0.2, 0.25) is 0 Å². The van der Waals surface area contributed by atoms with Gasteiger partial charge in [-0.3, -0.25) is 4.98 Å². The van der Waals surface area contributed by atoms with Gasteiger partial charge in [0.25, 0.3) is 0 Å². The van der Waals surface area contributed by atoms with E-state index in [4.69, 9.17) is 0 Å². The van der Waals surface area contributed by atoms with E-state index in [1.807, 2.05) is 30.3 Å². The normalized spacial score (nSPS) is 19.3. The molecular formula is C17H21N3O3S. The maximum absolute atomic E-state index is 12.2. The zero-order valence-electron chi connectivity index (χ0n) is 13.6. The summed E-state index contributed by atoms with van der Waals surface area (Å²) in [5.74, 6) is 0.223. The van der Waals surface area contributed by atoms with Crippen molar-refractivity contribution in [3.05, 3.63) is 42.1 Å². The van der Waals surface area contributed by atoms with Crippen molar-refractivity contribution in [1.29, 1.82) is 0 Å². The molecule has 1 unspecified atom stereocenters. The summed E-state index contributed by atoms with van der Waals surface area (Å²) >= 11 is 0. The number of aromatic nitrogens is 1. The number of nitrogens with zero attached hydrogens (tertiary/aromatic N) is 2. The van der Waals surface area contributed by atoms with Gasteiger partial charge >= 0.3 is 6.03 Å². The minimum atomic E-state index is -2.99. The van der Waals surface area contributed by atoms with Crippen LogP contribution in [0.3, 0.4) is 0 Å². The number of hydrogen-bond donors (Lipinski definition) is 1. The molecule has 1 aromatic heterocycles. The lowest BCUT2D eigenvalue weighted by Crippen LogP contribution is -2.44. The first-order valence-corrected chi connectivity index (χ1v) is 9.82. The number of benzene rings is 1. The van der Waals surface area contributed by atoms with Crippen LogP contribution in [0.4, 0.5) is 4.79 Å². The number of nitrogens with one attached hydrogen (secondary N) is 1. The van der Waals surface area contributed by atoms with Crippen LogP contribution in [0.15, 0.2) is 36.5 Å². The number of hydrogen-bond acceptors (Lipinski definition) is 4. The summed E-state index contributed by atoms with van der Waals surface area (Å²) in [6.07, 6.45) is 2.95. The first-order valence-electron chi connectivity index (χ1n) is 8.00. The summed E-state index contributed by atoms with van der Waals surface area (Å²) in [5, 5.41) is 3.94. The number of sulfone groups is 1. The summed E-state index contributed by atoms with van der Waals surface area (Å²) in [6, 6.07) is 9.46. The molecule has 1 N–H and O–H groups in total. The van der Waals surface area contributed by atoms with E-state index >= 15 is 0 Å². The predicted octanol–water partition coefficient (Wildman–Crippen LogP) is 1.61. The average molecular weight is 347 g/mol. The van der Waals surface area contributed by atoms with Crippen molar-refractivity contribution in [2.45, 2.75) is 18.9 Å². The topological polar surface area (TPSA) is 79.4 Å². The van der Waals surface area contributed by atoms with Gasteiger partial charge < -0.3 is 10.2 Å². The van der Waals surface area contributed by atoms with Crippen LogP contribution in [0.25, 0.3) is 10.9 Å². The second-order valence-corrected chi connectivity index (χ2v) is 8.37. The van der Waals surface area contributed by atoms with Gasteiger partial charge in [0.1, 0.15) is 0 Å². The Kier molecular flexibility index (Phi) is 4.71. The molecule has 0 aliphatic carbocycles. The van der Waals surface area contributed by atoms with E-state index in [9.17, 15) is 13.2 Å². The molecule has 2 amide bonds. The highest BCUT2D eigenvalue weighted by molar-refractivity contribution is 7.91. The summed E-state index contributed by atoms with van der Waals surface area (Å²) in [7, 11) is -1.34. The molecule has 1 aliphatic heterocycles. The molecule has 1 fully saturated rings. The van der Waals surface area contributed by atoms with Gasteiger partial charge in [-0.25, -0.2) is 13.2 Å². The van der Waals surface area contributed by atoms with Crippen LogP contribution in [-0.4, -0.2) is 55.5 Å². The Morgan fingerprint density at radius 3 is 2.88 bits per heavy atom. The molecule has 2 heterocycles. The Balaban J connectivity index is 1.57. The Bertz CT molecular complexity index is 846. The number of fused-ring (bicyclic) bond motifs is 1. The third kappa shape index (κ3) is 3.67. The molecule has 6 nitrogen and oxygen atoms in total. The zero-order valence-corrected chi connectivity index (χ0v) is 14.4. The molecule has 7 heteroatoms. The second-order valence-electron chi connectivity index (χ2n) is 6.14. The third-order valence-electron chi connectivity index (χ3n) is 4.46. The van der Waals surface area contributed by atoms with Crippen molar-refractivity contribution in [1.82, 2.24) is 15.2 Å². The average Bonchev–Trinajstić information content (AvgIpc) is 2.94. The highest BCUT2D eigenvalue weighted by atomic mass is 32.2. The molecule has 3 rings (SSSR count). The number of rotatable bonds is 4. The highest BCUT2D eigenvalue weighted by Gasteiger charge is 2.32. The maximum Gasteiger partial charge on any atom is 0.317 e. The molecule has 128 valence electrons. The minimum Gasteiger partial charge on any atom is -0.338 e. The van der Waals surface area contributed by atoms with E-state index in [-0.39, 0.29) is 23.6 Å². The van der Waals surface area contributed by atoms with Crippen molar-refractivity contribution < 1.29 is 13.2 Å².